The Labute approximate surface area is 93.7 Å². The summed E-state index contributed by atoms with van der Waals surface area (Å²) in [4.78, 5) is 2.33. The summed E-state index contributed by atoms with van der Waals surface area (Å²) < 4.78 is 7.00. The van der Waals surface area contributed by atoms with Crippen LogP contribution in [0.3, 0.4) is 0 Å². The molecule has 1 aromatic rings. The van der Waals surface area contributed by atoms with Crippen LogP contribution in [-0.2, 0) is 11.3 Å². The number of morpholine rings is 1. The van der Waals surface area contributed by atoms with E-state index in [1.54, 1.807) is 10.9 Å². The molecule has 0 atom stereocenters. The fourth-order valence-corrected chi connectivity index (χ4v) is 1.78. The lowest BCUT2D eigenvalue weighted by atomic mass is 10.4. The van der Waals surface area contributed by atoms with E-state index >= 15 is 0 Å². The molecule has 0 aromatic carbocycles. The number of nitrogen functional groups attached to an aromatic ring is 1. The Balaban J connectivity index is 1.84. The third-order valence-electron chi connectivity index (χ3n) is 2.53. The minimum absolute atomic E-state index is 0.531. The second-order valence-electron chi connectivity index (χ2n) is 3.57. The zero-order valence-corrected chi connectivity index (χ0v) is 9.28. The number of aromatic nitrogens is 2. The molecular formula is C9H15ClN4O. The number of hydrogen-bond acceptors (Lipinski definition) is 4. The van der Waals surface area contributed by atoms with Crippen LogP contribution in [0.2, 0.25) is 5.15 Å². The Morgan fingerprint density at radius 1 is 1.40 bits per heavy atom. The van der Waals surface area contributed by atoms with Crippen LogP contribution in [0.25, 0.3) is 0 Å². The molecule has 0 bridgehead atoms. The summed E-state index contributed by atoms with van der Waals surface area (Å²) in [6.07, 6.45) is 1.58. The van der Waals surface area contributed by atoms with Crippen LogP contribution >= 0.6 is 11.6 Å². The van der Waals surface area contributed by atoms with E-state index in [2.05, 4.69) is 10.00 Å². The summed E-state index contributed by atoms with van der Waals surface area (Å²) in [7, 11) is 0. The van der Waals surface area contributed by atoms with Crippen LogP contribution in [0.15, 0.2) is 6.20 Å². The minimum Gasteiger partial charge on any atom is -0.395 e. The molecule has 1 saturated heterocycles. The molecule has 15 heavy (non-hydrogen) atoms. The summed E-state index contributed by atoms with van der Waals surface area (Å²) in [5.74, 6) is 0. The van der Waals surface area contributed by atoms with E-state index in [1.807, 2.05) is 0 Å². The number of ether oxygens (including phenoxy) is 1. The van der Waals surface area contributed by atoms with Crippen molar-refractivity contribution in [1.82, 2.24) is 14.7 Å². The predicted octanol–water partition coefficient (Wildman–Crippen LogP) is 0.451. The lowest BCUT2D eigenvalue weighted by Crippen LogP contribution is -2.38. The molecule has 0 spiro atoms. The van der Waals surface area contributed by atoms with Crippen molar-refractivity contribution in [2.45, 2.75) is 6.54 Å². The van der Waals surface area contributed by atoms with Crippen molar-refractivity contribution in [1.29, 1.82) is 0 Å². The Morgan fingerprint density at radius 3 is 2.73 bits per heavy atom. The number of rotatable bonds is 3. The molecular weight excluding hydrogens is 216 g/mol. The fourth-order valence-electron chi connectivity index (χ4n) is 1.60. The fraction of sp³-hybridized carbons (Fsp3) is 0.667. The van der Waals surface area contributed by atoms with E-state index in [0.717, 1.165) is 39.4 Å². The van der Waals surface area contributed by atoms with Crippen molar-refractivity contribution in [3.63, 3.8) is 0 Å². The number of halogens is 1. The SMILES string of the molecule is Nc1cnn(CCN2CCOCC2)c1Cl. The summed E-state index contributed by atoms with van der Waals surface area (Å²) in [5, 5.41) is 4.63. The predicted molar refractivity (Wildman–Crippen MR) is 58.9 cm³/mol. The molecule has 0 saturated carbocycles. The van der Waals surface area contributed by atoms with Crippen molar-refractivity contribution in [3.05, 3.63) is 11.3 Å². The molecule has 0 unspecified atom stereocenters. The largest absolute Gasteiger partial charge is 0.395 e. The van der Waals surface area contributed by atoms with Gasteiger partial charge in [0, 0.05) is 19.6 Å². The van der Waals surface area contributed by atoms with Crippen LogP contribution in [0.1, 0.15) is 0 Å². The third-order valence-corrected chi connectivity index (χ3v) is 2.95. The van der Waals surface area contributed by atoms with Gasteiger partial charge in [-0.15, -0.1) is 0 Å². The number of nitrogens with zero attached hydrogens (tertiary/aromatic N) is 3. The van der Waals surface area contributed by atoms with Gasteiger partial charge < -0.3 is 10.5 Å². The number of hydrogen-bond donors (Lipinski definition) is 1. The van der Waals surface area contributed by atoms with E-state index in [9.17, 15) is 0 Å². The minimum atomic E-state index is 0.531. The Kier molecular flexibility index (Phi) is 3.45. The Morgan fingerprint density at radius 2 is 2.13 bits per heavy atom. The summed E-state index contributed by atoms with van der Waals surface area (Å²) in [5.41, 5.74) is 6.14. The lowest BCUT2D eigenvalue weighted by Gasteiger charge is -2.26. The Bertz CT molecular complexity index is 322. The maximum absolute atomic E-state index is 5.96. The van der Waals surface area contributed by atoms with Gasteiger partial charge in [0.15, 0.2) is 0 Å². The van der Waals surface area contributed by atoms with Gasteiger partial charge in [-0.25, -0.2) is 0 Å². The van der Waals surface area contributed by atoms with Crippen molar-refractivity contribution in [2.24, 2.45) is 0 Å². The first kappa shape index (κ1) is 10.7. The first-order valence-corrected chi connectivity index (χ1v) is 5.42. The van der Waals surface area contributed by atoms with Crippen molar-refractivity contribution >= 4 is 17.3 Å². The highest BCUT2D eigenvalue weighted by atomic mass is 35.5. The van der Waals surface area contributed by atoms with Crippen LogP contribution in [0.4, 0.5) is 5.69 Å². The van der Waals surface area contributed by atoms with Gasteiger partial charge in [0.1, 0.15) is 5.15 Å². The first-order valence-electron chi connectivity index (χ1n) is 5.04. The molecule has 1 fully saturated rings. The van der Waals surface area contributed by atoms with Gasteiger partial charge in [-0.1, -0.05) is 11.6 Å². The van der Waals surface area contributed by atoms with E-state index in [0.29, 0.717) is 10.8 Å². The molecule has 0 radical (unpaired) electrons. The van der Waals surface area contributed by atoms with Gasteiger partial charge in [-0.05, 0) is 0 Å². The van der Waals surface area contributed by atoms with Crippen molar-refractivity contribution < 1.29 is 4.74 Å². The van der Waals surface area contributed by atoms with Gasteiger partial charge >= 0.3 is 0 Å². The molecule has 6 heteroatoms. The van der Waals surface area contributed by atoms with E-state index in [-0.39, 0.29) is 0 Å². The average Bonchev–Trinajstić information content (AvgIpc) is 2.59. The first-order chi connectivity index (χ1) is 7.27. The number of anilines is 1. The standard InChI is InChI=1S/C9H15ClN4O/c10-9-8(11)7-12-14(9)2-1-13-3-5-15-6-4-13/h7H,1-6,11H2. The van der Waals surface area contributed by atoms with Gasteiger partial charge in [0.25, 0.3) is 0 Å². The maximum Gasteiger partial charge on any atom is 0.150 e. The average molecular weight is 231 g/mol. The van der Waals surface area contributed by atoms with Gasteiger partial charge in [0.2, 0.25) is 0 Å². The third kappa shape index (κ3) is 2.62. The molecule has 0 aliphatic carbocycles. The zero-order valence-electron chi connectivity index (χ0n) is 8.53. The molecule has 1 aromatic heterocycles. The lowest BCUT2D eigenvalue weighted by molar-refractivity contribution is 0.0360. The normalized spacial score (nSPS) is 18.2. The molecule has 2 rings (SSSR count). The summed E-state index contributed by atoms with van der Waals surface area (Å²) in [6, 6.07) is 0. The van der Waals surface area contributed by atoms with E-state index in [4.69, 9.17) is 22.1 Å². The van der Waals surface area contributed by atoms with Crippen LogP contribution in [0.5, 0.6) is 0 Å². The summed E-state index contributed by atoms with van der Waals surface area (Å²) >= 11 is 5.96. The molecule has 0 amide bonds. The molecule has 2 heterocycles. The number of nitrogens with two attached hydrogens (primary N) is 1. The molecule has 1 aliphatic rings. The highest BCUT2D eigenvalue weighted by molar-refractivity contribution is 6.31. The van der Waals surface area contributed by atoms with E-state index < -0.39 is 0 Å². The van der Waals surface area contributed by atoms with Crippen LogP contribution in [-0.4, -0.2) is 47.5 Å². The second kappa shape index (κ2) is 4.83. The van der Waals surface area contributed by atoms with E-state index in [1.165, 1.54) is 0 Å². The molecule has 1 aliphatic heterocycles. The van der Waals surface area contributed by atoms with Crippen molar-refractivity contribution in [3.8, 4) is 0 Å². The maximum atomic E-state index is 5.96. The highest BCUT2D eigenvalue weighted by Crippen LogP contribution is 2.16. The van der Waals surface area contributed by atoms with Crippen LogP contribution in [0, 0.1) is 0 Å². The van der Waals surface area contributed by atoms with Crippen LogP contribution < -0.4 is 5.73 Å². The van der Waals surface area contributed by atoms with Gasteiger partial charge in [-0.3, -0.25) is 9.58 Å². The highest BCUT2D eigenvalue weighted by Gasteiger charge is 2.11. The topological polar surface area (TPSA) is 56.3 Å². The van der Waals surface area contributed by atoms with Gasteiger partial charge in [-0.2, -0.15) is 5.10 Å². The van der Waals surface area contributed by atoms with Gasteiger partial charge in [0.05, 0.1) is 31.6 Å². The Hall–Kier alpha value is -0.780. The zero-order chi connectivity index (χ0) is 10.7. The molecule has 84 valence electrons. The second-order valence-corrected chi connectivity index (χ2v) is 3.93. The smallest absolute Gasteiger partial charge is 0.150 e. The molecule has 5 nitrogen and oxygen atoms in total. The molecule has 2 N–H and O–H groups in total. The monoisotopic (exact) mass is 230 g/mol. The summed E-state index contributed by atoms with van der Waals surface area (Å²) in [6.45, 7) is 5.30. The van der Waals surface area contributed by atoms with Crippen molar-refractivity contribution in [2.75, 3.05) is 38.6 Å². The quantitative estimate of drug-likeness (QED) is 0.819.